The van der Waals surface area contributed by atoms with Gasteiger partial charge in [0.2, 0.25) is 0 Å². The Labute approximate surface area is 204 Å². The third-order valence-electron chi connectivity index (χ3n) is 6.03. The summed E-state index contributed by atoms with van der Waals surface area (Å²) in [6.45, 7) is 3.89. The van der Waals surface area contributed by atoms with Crippen LogP contribution in [0.5, 0.6) is 5.75 Å². The van der Waals surface area contributed by atoms with Gasteiger partial charge in [-0.15, -0.1) is 0 Å². The molecule has 0 saturated carbocycles. The van der Waals surface area contributed by atoms with Gasteiger partial charge in [0.05, 0.1) is 22.9 Å². The molecule has 0 radical (unpaired) electrons. The van der Waals surface area contributed by atoms with Crippen molar-refractivity contribution in [2.75, 3.05) is 12.0 Å². The van der Waals surface area contributed by atoms with E-state index in [0.717, 1.165) is 15.8 Å². The smallest absolute Gasteiger partial charge is 0.301 e. The number of aromatic nitrogens is 1. The Balaban J connectivity index is 1.74. The molecule has 1 unspecified atom stereocenters. The van der Waals surface area contributed by atoms with Crippen LogP contribution in [0.3, 0.4) is 0 Å². The van der Waals surface area contributed by atoms with Gasteiger partial charge in [0.25, 0.3) is 5.78 Å². The van der Waals surface area contributed by atoms with Gasteiger partial charge in [0.1, 0.15) is 23.4 Å². The van der Waals surface area contributed by atoms with Crippen molar-refractivity contribution >= 4 is 44.1 Å². The molecule has 0 aliphatic carbocycles. The average molecular weight is 489 g/mol. The summed E-state index contributed by atoms with van der Waals surface area (Å²) in [4.78, 5) is 32.4. The van der Waals surface area contributed by atoms with Crippen LogP contribution in [0.15, 0.2) is 66.2 Å². The molecule has 35 heavy (non-hydrogen) atoms. The van der Waals surface area contributed by atoms with Crippen molar-refractivity contribution in [1.82, 2.24) is 4.98 Å². The number of hydrogen-bond donors (Lipinski definition) is 1. The summed E-state index contributed by atoms with van der Waals surface area (Å²) in [5.41, 5.74) is 2.88. The summed E-state index contributed by atoms with van der Waals surface area (Å²) in [6, 6.07) is 15.1. The number of hydrogen-bond acceptors (Lipinski definition) is 6. The van der Waals surface area contributed by atoms with E-state index in [4.69, 9.17) is 4.74 Å². The van der Waals surface area contributed by atoms with Crippen LogP contribution in [0.25, 0.3) is 16.0 Å². The summed E-state index contributed by atoms with van der Waals surface area (Å²) in [5.74, 6) is -2.21. The zero-order chi connectivity index (χ0) is 24.9. The molecule has 1 N–H and O–H groups in total. The van der Waals surface area contributed by atoms with E-state index in [0.29, 0.717) is 16.8 Å². The minimum Gasteiger partial charge on any atom is -0.507 e. The molecule has 1 aromatic heterocycles. The number of aryl methyl sites for hydroxylation is 2. The Bertz CT molecular complexity index is 1520. The summed E-state index contributed by atoms with van der Waals surface area (Å²) in [6.07, 6.45) is 0. The number of fused-ring (bicyclic) bond motifs is 1. The predicted octanol–water partition coefficient (Wildman–Crippen LogP) is 5.69. The highest BCUT2D eigenvalue weighted by Crippen LogP contribution is 2.45. The number of thiazole rings is 1. The van der Waals surface area contributed by atoms with Gasteiger partial charge in [-0.3, -0.25) is 14.5 Å². The van der Waals surface area contributed by atoms with E-state index < -0.39 is 29.3 Å². The van der Waals surface area contributed by atoms with E-state index in [2.05, 4.69) is 4.98 Å². The Morgan fingerprint density at radius 1 is 1.09 bits per heavy atom. The molecule has 8 heteroatoms. The Hall–Kier alpha value is -4.04. The highest BCUT2D eigenvalue weighted by Gasteiger charge is 2.49. The van der Waals surface area contributed by atoms with Gasteiger partial charge in [0.15, 0.2) is 5.13 Å². The molecule has 2 heterocycles. The Morgan fingerprint density at radius 3 is 2.49 bits per heavy atom. The third kappa shape index (κ3) is 3.76. The number of benzene rings is 3. The fourth-order valence-electron chi connectivity index (χ4n) is 4.39. The monoisotopic (exact) mass is 488 g/mol. The first-order valence-electron chi connectivity index (χ1n) is 10.9. The molecule has 0 spiro atoms. The molecule has 1 fully saturated rings. The number of amides is 1. The van der Waals surface area contributed by atoms with Crippen LogP contribution in [0, 0.1) is 19.7 Å². The number of aliphatic hydroxyl groups excluding tert-OH is 1. The number of anilines is 1. The molecular weight excluding hydrogens is 467 g/mol. The number of rotatable bonds is 4. The fraction of sp³-hybridized carbons (Fsp3) is 0.148. The summed E-state index contributed by atoms with van der Waals surface area (Å²) < 4.78 is 21.1. The second-order valence-electron chi connectivity index (χ2n) is 8.34. The van der Waals surface area contributed by atoms with Crippen molar-refractivity contribution in [3.8, 4) is 5.75 Å². The number of carbonyl (C=O) groups is 2. The van der Waals surface area contributed by atoms with Gasteiger partial charge in [-0.2, -0.15) is 0 Å². The average Bonchev–Trinajstić information content (AvgIpc) is 3.37. The van der Waals surface area contributed by atoms with Crippen molar-refractivity contribution in [3.63, 3.8) is 0 Å². The van der Waals surface area contributed by atoms with Crippen molar-refractivity contribution < 1.29 is 23.8 Å². The van der Waals surface area contributed by atoms with Crippen LogP contribution in [0.4, 0.5) is 9.52 Å². The van der Waals surface area contributed by atoms with Crippen molar-refractivity contribution in [2.45, 2.75) is 19.9 Å². The molecule has 4 aromatic rings. The van der Waals surface area contributed by atoms with Gasteiger partial charge >= 0.3 is 5.91 Å². The maximum absolute atomic E-state index is 15.1. The number of methoxy groups -OCH3 is 1. The normalized spacial score (nSPS) is 17.4. The van der Waals surface area contributed by atoms with E-state index in [-0.39, 0.29) is 16.3 Å². The molecule has 1 atom stereocenters. The van der Waals surface area contributed by atoms with E-state index >= 15 is 4.39 Å². The van der Waals surface area contributed by atoms with Crippen molar-refractivity contribution in [1.29, 1.82) is 0 Å². The minimum atomic E-state index is -1.18. The number of Topliss-reactive ketones (excluding diaryl/α,β-unsaturated/α-hetero) is 1. The first kappa shape index (κ1) is 22.7. The summed E-state index contributed by atoms with van der Waals surface area (Å²) in [7, 11) is 1.51. The van der Waals surface area contributed by atoms with Gasteiger partial charge in [0, 0.05) is 11.1 Å². The minimum absolute atomic E-state index is 0.0916. The molecule has 1 saturated heterocycles. The molecule has 6 nitrogen and oxygen atoms in total. The molecule has 3 aromatic carbocycles. The number of ketones is 1. The van der Waals surface area contributed by atoms with Crippen LogP contribution in [-0.2, 0) is 9.59 Å². The number of carbonyl (C=O) groups excluding carboxylic acids is 2. The number of aliphatic hydroxyl groups is 1. The second kappa shape index (κ2) is 8.63. The van der Waals surface area contributed by atoms with Crippen molar-refractivity contribution in [3.05, 3.63) is 94.3 Å². The SMILES string of the molecule is COc1ccc(/C(O)=C2\C(=O)C(=O)N(c3nc4c(C)cc(C)cc4s3)C2c2ccccc2F)cc1. The summed E-state index contributed by atoms with van der Waals surface area (Å²) >= 11 is 1.25. The second-order valence-corrected chi connectivity index (χ2v) is 9.35. The maximum Gasteiger partial charge on any atom is 0.301 e. The highest BCUT2D eigenvalue weighted by atomic mass is 32.1. The van der Waals surface area contributed by atoms with E-state index in [1.807, 2.05) is 26.0 Å². The van der Waals surface area contributed by atoms with E-state index in [9.17, 15) is 14.7 Å². The first-order chi connectivity index (χ1) is 16.8. The van der Waals surface area contributed by atoms with E-state index in [1.54, 1.807) is 30.3 Å². The standard InChI is InChI=1S/C27H21FN2O4S/c1-14-12-15(2)22-20(13-14)35-27(29-22)30-23(18-6-4-5-7-19(18)28)21(25(32)26(30)33)24(31)16-8-10-17(34-3)11-9-16/h4-13,23,31H,1-3H3/b24-21+. The van der Waals surface area contributed by atoms with Crippen LogP contribution >= 0.6 is 11.3 Å². The molecule has 1 aliphatic heterocycles. The fourth-order valence-corrected chi connectivity index (χ4v) is 5.56. The van der Waals surface area contributed by atoms with Crippen LogP contribution in [0.1, 0.15) is 28.3 Å². The van der Waals surface area contributed by atoms with Crippen molar-refractivity contribution in [2.24, 2.45) is 0 Å². The summed E-state index contributed by atoms with van der Waals surface area (Å²) in [5, 5.41) is 11.4. The lowest BCUT2D eigenvalue weighted by Gasteiger charge is -2.23. The van der Waals surface area contributed by atoms with Gasteiger partial charge < -0.3 is 9.84 Å². The third-order valence-corrected chi connectivity index (χ3v) is 7.03. The lowest BCUT2D eigenvalue weighted by atomic mass is 9.95. The molecule has 1 aliphatic rings. The topological polar surface area (TPSA) is 79.7 Å². The molecular formula is C27H21FN2O4S. The van der Waals surface area contributed by atoms with Gasteiger partial charge in [-0.05, 0) is 61.4 Å². The van der Waals surface area contributed by atoms with Crippen LogP contribution in [0.2, 0.25) is 0 Å². The number of nitrogens with zero attached hydrogens (tertiary/aromatic N) is 2. The van der Waals surface area contributed by atoms with Gasteiger partial charge in [-0.25, -0.2) is 9.37 Å². The molecule has 1 amide bonds. The van der Waals surface area contributed by atoms with Gasteiger partial charge in [-0.1, -0.05) is 35.6 Å². The quantitative estimate of drug-likeness (QED) is 0.227. The molecule has 176 valence electrons. The largest absolute Gasteiger partial charge is 0.507 e. The molecule has 5 rings (SSSR count). The zero-order valence-corrected chi connectivity index (χ0v) is 20.0. The number of ether oxygens (including phenoxy) is 1. The highest BCUT2D eigenvalue weighted by molar-refractivity contribution is 7.22. The first-order valence-corrected chi connectivity index (χ1v) is 11.7. The Kier molecular flexibility index (Phi) is 5.61. The van der Waals surface area contributed by atoms with Crippen LogP contribution in [-0.4, -0.2) is 28.9 Å². The molecule has 0 bridgehead atoms. The van der Waals surface area contributed by atoms with E-state index in [1.165, 1.54) is 41.5 Å². The zero-order valence-electron chi connectivity index (χ0n) is 19.2. The lowest BCUT2D eigenvalue weighted by molar-refractivity contribution is -0.132. The predicted molar refractivity (Wildman–Crippen MR) is 133 cm³/mol. The lowest BCUT2D eigenvalue weighted by Crippen LogP contribution is -2.29. The van der Waals surface area contributed by atoms with Crippen LogP contribution < -0.4 is 9.64 Å². The maximum atomic E-state index is 15.1. The Morgan fingerprint density at radius 2 is 1.80 bits per heavy atom. The number of halogens is 1.